The molecule has 0 aromatic carbocycles. The third kappa shape index (κ3) is 4.66. The fourth-order valence-electron chi connectivity index (χ4n) is 0.892. The third-order valence-corrected chi connectivity index (χ3v) is 2.90. The summed E-state index contributed by atoms with van der Waals surface area (Å²) in [5, 5.41) is 10.4. The van der Waals surface area contributed by atoms with E-state index in [2.05, 4.69) is 5.32 Å². The lowest BCUT2D eigenvalue weighted by Gasteiger charge is -2.11. The largest absolute Gasteiger partial charge is 0.396 e. The second-order valence-corrected chi connectivity index (χ2v) is 4.24. The van der Waals surface area contributed by atoms with Crippen LogP contribution in [0.1, 0.15) is 12.8 Å². The van der Waals surface area contributed by atoms with Crippen LogP contribution in [0, 0.1) is 0 Å². The van der Waals surface area contributed by atoms with E-state index in [0.29, 0.717) is 13.0 Å². The van der Waals surface area contributed by atoms with Crippen molar-refractivity contribution < 1.29 is 18.1 Å². The summed E-state index contributed by atoms with van der Waals surface area (Å²) < 4.78 is 30.0. The van der Waals surface area contributed by atoms with Crippen molar-refractivity contribution in [2.24, 2.45) is 0 Å². The Bertz CT molecular complexity index is 202. The predicted octanol–water partition coefficient (Wildman–Crippen LogP) is -0.765. The van der Waals surface area contributed by atoms with E-state index in [1.165, 1.54) is 0 Å². The molecule has 0 rings (SSSR count). The minimum absolute atomic E-state index is 0.0838. The minimum Gasteiger partial charge on any atom is -0.396 e. The molecule has 0 amide bonds. The van der Waals surface area contributed by atoms with Crippen molar-refractivity contribution in [2.45, 2.75) is 18.1 Å². The number of aliphatic hydroxyl groups is 1. The summed E-state index contributed by atoms with van der Waals surface area (Å²) >= 11 is 0. The fraction of sp³-hybridized carbons (Fsp3) is 1.00. The number of hydrogen-bond donors (Lipinski definition) is 3. The quantitative estimate of drug-likeness (QED) is 0.487. The smallest absolute Gasteiger partial charge is 0.267 e. The molecule has 0 saturated carbocycles. The van der Waals surface area contributed by atoms with Crippen LogP contribution in [0.15, 0.2) is 0 Å². The monoisotopic (exact) mass is 197 g/mol. The Morgan fingerprint density at radius 1 is 1.42 bits per heavy atom. The molecule has 1 unspecified atom stereocenters. The van der Waals surface area contributed by atoms with Gasteiger partial charge in [0.2, 0.25) is 0 Å². The van der Waals surface area contributed by atoms with Crippen LogP contribution >= 0.6 is 0 Å². The Kier molecular flexibility index (Phi) is 5.39. The van der Waals surface area contributed by atoms with Gasteiger partial charge in [-0.15, -0.1) is 0 Å². The second-order valence-electron chi connectivity index (χ2n) is 2.54. The van der Waals surface area contributed by atoms with Gasteiger partial charge in [0.1, 0.15) is 0 Å². The van der Waals surface area contributed by atoms with Crippen molar-refractivity contribution in [3.8, 4) is 0 Å². The van der Waals surface area contributed by atoms with E-state index in [1.54, 1.807) is 7.05 Å². The molecular formula is C6H15NO4S. The maximum Gasteiger partial charge on any atom is 0.267 e. The molecule has 0 aromatic rings. The van der Waals surface area contributed by atoms with Crippen LogP contribution in [0.2, 0.25) is 0 Å². The van der Waals surface area contributed by atoms with Crippen LogP contribution in [-0.2, 0) is 10.1 Å². The molecule has 74 valence electrons. The molecule has 0 bridgehead atoms. The Labute approximate surface area is 72.5 Å². The van der Waals surface area contributed by atoms with Crippen LogP contribution < -0.4 is 5.32 Å². The molecular weight excluding hydrogens is 182 g/mol. The number of rotatable bonds is 6. The van der Waals surface area contributed by atoms with E-state index in [-0.39, 0.29) is 13.0 Å². The standard InChI is InChI=1S/C6H15NO4S/c1-7-4-2-6(3-5-8)12(9,10)11/h6-8H,2-5H2,1H3,(H,9,10,11). The van der Waals surface area contributed by atoms with Crippen LogP contribution in [0.3, 0.4) is 0 Å². The molecule has 0 aliphatic rings. The molecule has 0 heterocycles. The highest BCUT2D eigenvalue weighted by atomic mass is 32.2. The summed E-state index contributed by atoms with van der Waals surface area (Å²) in [4.78, 5) is 0. The Morgan fingerprint density at radius 3 is 2.33 bits per heavy atom. The van der Waals surface area contributed by atoms with Gasteiger partial charge < -0.3 is 10.4 Å². The van der Waals surface area contributed by atoms with E-state index in [1.807, 2.05) is 0 Å². The van der Waals surface area contributed by atoms with E-state index in [9.17, 15) is 8.42 Å². The van der Waals surface area contributed by atoms with Crippen molar-refractivity contribution >= 4 is 10.1 Å². The number of hydrogen-bond acceptors (Lipinski definition) is 4. The summed E-state index contributed by atoms with van der Waals surface area (Å²) in [6, 6.07) is 0. The Morgan fingerprint density at radius 2 is 2.00 bits per heavy atom. The number of aliphatic hydroxyl groups excluding tert-OH is 1. The fourth-order valence-corrected chi connectivity index (χ4v) is 1.71. The van der Waals surface area contributed by atoms with Crippen LogP contribution in [0.25, 0.3) is 0 Å². The minimum atomic E-state index is -4.00. The summed E-state index contributed by atoms with van der Waals surface area (Å²) in [5.74, 6) is 0. The van der Waals surface area contributed by atoms with Crippen molar-refractivity contribution in [1.82, 2.24) is 5.32 Å². The van der Waals surface area contributed by atoms with Gasteiger partial charge in [0.25, 0.3) is 10.1 Å². The van der Waals surface area contributed by atoms with Crippen molar-refractivity contribution in [3.63, 3.8) is 0 Å². The van der Waals surface area contributed by atoms with Crippen LogP contribution in [0.4, 0.5) is 0 Å². The van der Waals surface area contributed by atoms with Crippen LogP contribution in [-0.4, -0.2) is 43.5 Å². The highest BCUT2D eigenvalue weighted by Gasteiger charge is 2.21. The molecule has 0 aliphatic carbocycles. The van der Waals surface area contributed by atoms with Gasteiger partial charge in [-0.3, -0.25) is 4.55 Å². The highest BCUT2D eigenvalue weighted by molar-refractivity contribution is 7.86. The molecule has 0 radical (unpaired) electrons. The molecule has 5 nitrogen and oxygen atoms in total. The van der Waals surface area contributed by atoms with Gasteiger partial charge in [-0.2, -0.15) is 8.42 Å². The van der Waals surface area contributed by atoms with Gasteiger partial charge in [0, 0.05) is 6.61 Å². The molecule has 3 N–H and O–H groups in total. The molecule has 0 aromatic heterocycles. The average Bonchev–Trinajstić information content (AvgIpc) is 1.95. The van der Waals surface area contributed by atoms with Gasteiger partial charge >= 0.3 is 0 Å². The van der Waals surface area contributed by atoms with Crippen molar-refractivity contribution in [3.05, 3.63) is 0 Å². The van der Waals surface area contributed by atoms with Crippen LogP contribution in [0.5, 0.6) is 0 Å². The van der Waals surface area contributed by atoms with Gasteiger partial charge in [-0.05, 0) is 26.4 Å². The summed E-state index contributed by atoms with van der Waals surface area (Å²) in [5.41, 5.74) is 0. The zero-order chi connectivity index (χ0) is 9.61. The topological polar surface area (TPSA) is 86.6 Å². The molecule has 0 saturated heterocycles. The SMILES string of the molecule is CNCCC(CCO)S(=O)(=O)O. The normalized spacial score (nSPS) is 14.6. The first-order valence-electron chi connectivity index (χ1n) is 3.74. The van der Waals surface area contributed by atoms with Crippen molar-refractivity contribution in [1.29, 1.82) is 0 Å². The summed E-state index contributed by atoms with van der Waals surface area (Å²) in [6.45, 7) is 0.276. The molecule has 12 heavy (non-hydrogen) atoms. The van der Waals surface area contributed by atoms with Gasteiger partial charge in [0.05, 0.1) is 5.25 Å². The highest BCUT2D eigenvalue weighted by Crippen LogP contribution is 2.07. The lowest BCUT2D eigenvalue weighted by Crippen LogP contribution is -2.26. The molecule has 6 heteroatoms. The molecule has 1 atom stereocenters. The average molecular weight is 197 g/mol. The third-order valence-electron chi connectivity index (χ3n) is 1.59. The Balaban J connectivity index is 4.05. The van der Waals surface area contributed by atoms with E-state index in [4.69, 9.17) is 9.66 Å². The number of nitrogens with one attached hydrogen (secondary N) is 1. The predicted molar refractivity (Wildman–Crippen MR) is 45.6 cm³/mol. The molecule has 0 spiro atoms. The molecule has 0 fully saturated rings. The summed E-state index contributed by atoms with van der Waals surface area (Å²) in [6.07, 6.45) is 0.399. The van der Waals surface area contributed by atoms with E-state index >= 15 is 0 Å². The second kappa shape index (κ2) is 5.47. The zero-order valence-corrected chi connectivity index (χ0v) is 7.84. The van der Waals surface area contributed by atoms with Gasteiger partial charge in [0.15, 0.2) is 0 Å². The molecule has 0 aliphatic heterocycles. The zero-order valence-electron chi connectivity index (χ0n) is 7.02. The maximum atomic E-state index is 10.6. The first-order chi connectivity index (χ1) is 5.52. The lowest BCUT2D eigenvalue weighted by molar-refractivity contribution is 0.280. The lowest BCUT2D eigenvalue weighted by atomic mass is 10.2. The van der Waals surface area contributed by atoms with Gasteiger partial charge in [-0.1, -0.05) is 0 Å². The Hall–Kier alpha value is -0.170. The van der Waals surface area contributed by atoms with E-state index < -0.39 is 15.4 Å². The maximum absolute atomic E-state index is 10.6. The van der Waals surface area contributed by atoms with Crippen molar-refractivity contribution in [2.75, 3.05) is 20.2 Å². The first kappa shape index (κ1) is 11.8. The summed E-state index contributed by atoms with van der Waals surface area (Å²) in [7, 11) is -2.30. The van der Waals surface area contributed by atoms with Gasteiger partial charge in [-0.25, -0.2) is 0 Å². The van der Waals surface area contributed by atoms with E-state index in [0.717, 1.165) is 0 Å². The first-order valence-corrected chi connectivity index (χ1v) is 5.24.